The molecule has 3 heterocycles. The highest BCUT2D eigenvalue weighted by Gasteiger charge is 2.17. The maximum absolute atomic E-state index is 4.85. The standard InChI is InChI=1S/C18H21N5/c1-13-5-3-4-6-15(13)16-12-17-20-14(2)11-18(23(17)21-16)22-9-7-19-8-10-22/h3-6,11-12,19H,7-10H2,1-2H3. The van der Waals surface area contributed by atoms with E-state index >= 15 is 0 Å². The summed E-state index contributed by atoms with van der Waals surface area (Å²) in [6.45, 7) is 8.18. The van der Waals surface area contributed by atoms with Gasteiger partial charge in [0.15, 0.2) is 5.65 Å². The first-order valence-electron chi connectivity index (χ1n) is 8.11. The third-order valence-corrected chi connectivity index (χ3v) is 4.40. The van der Waals surface area contributed by atoms with E-state index in [2.05, 4.69) is 58.5 Å². The number of hydrogen-bond donors (Lipinski definition) is 1. The Labute approximate surface area is 136 Å². The minimum absolute atomic E-state index is 0.914. The summed E-state index contributed by atoms with van der Waals surface area (Å²) >= 11 is 0. The summed E-state index contributed by atoms with van der Waals surface area (Å²) in [5.74, 6) is 1.13. The maximum Gasteiger partial charge on any atom is 0.158 e. The summed E-state index contributed by atoms with van der Waals surface area (Å²) in [6, 6.07) is 12.6. The Morgan fingerprint density at radius 1 is 1.04 bits per heavy atom. The van der Waals surface area contributed by atoms with Gasteiger partial charge in [0, 0.05) is 49.6 Å². The zero-order valence-corrected chi connectivity index (χ0v) is 13.6. The van der Waals surface area contributed by atoms with Gasteiger partial charge in [-0.3, -0.25) is 0 Å². The van der Waals surface area contributed by atoms with Crippen LogP contribution in [0.15, 0.2) is 36.4 Å². The Morgan fingerprint density at radius 3 is 2.61 bits per heavy atom. The second-order valence-corrected chi connectivity index (χ2v) is 6.11. The van der Waals surface area contributed by atoms with Crippen molar-refractivity contribution in [2.75, 3.05) is 31.1 Å². The molecule has 5 heteroatoms. The molecule has 1 fully saturated rings. The number of benzene rings is 1. The number of rotatable bonds is 2. The number of hydrogen-bond acceptors (Lipinski definition) is 4. The number of aryl methyl sites for hydroxylation is 2. The van der Waals surface area contributed by atoms with Crippen molar-refractivity contribution in [2.24, 2.45) is 0 Å². The van der Waals surface area contributed by atoms with Crippen LogP contribution in [0.4, 0.5) is 5.82 Å². The molecule has 0 radical (unpaired) electrons. The van der Waals surface area contributed by atoms with Crippen molar-refractivity contribution in [3.05, 3.63) is 47.7 Å². The summed E-state index contributed by atoms with van der Waals surface area (Å²) in [4.78, 5) is 7.05. The van der Waals surface area contributed by atoms with E-state index in [0.717, 1.165) is 49.0 Å². The van der Waals surface area contributed by atoms with Gasteiger partial charge in [0.05, 0.1) is 5.69 Å². The molecule has 1 aliphatic rings. The van der Waals surface area contributed by atoms with Crippen LogP contribution < -0.4 is 10.2 Å². The fourth-order valence-corrected chi connectivity index (χ4v) is 3.19. The molecule has 1 aliphatic heterocycles. The number of piperazine rings is 1. The lowest BCUT2D eigenvalue weighted by atomic mass is 10.1. The van der Waals surface area contributed by atoms with Gasteiger partial charge in [-0.05, 0) is 19.4 Å². The first-order valence-corrected chi connectivity index (χ1v) is 8.11. The van der Waals surface area contributed by atoms with Crippen LogP contribution in [0, 0.1) is 13.8 Å². The van der Waals surface area contributed by atoms with Crippen molar-refractivity contribution < 1.29 is 0 Å². The molecule has 2 aromatic heterocycles. The Bertz CT molecular complexity index is 846. The molecule has 3 aromatic rings. The van der Waals surface area contributed by atoms with Gasteiger partial charge in [-0.15, -0.1) is 0 Å². The second-order valence-electron chi connectivity index (χ2n) is 6.11. The van der Waals surface area contributed by atoms with Gasteiger partial charge in [0.1, 0.15) is 5.82 Å². The average molecular weight is 307 g/mol. The van der Waals surface area contributed by atoms with Crippen molar-refractivity contribution in [1.29, 1.82) is 0 Å². The van der Waals surface area contributed by atoms with Crippen LogP contribution in [0.3, 0.4) is 0 Å². The van der Waals surface area contributed by atoms with Crippen LogP contribution in [0.25, 0.3) is 16.9 Å². The molecule has 0 spiro atoms. The predicted molar refractivity (Wildman–Crippen MR) is 93.0 cm³/mol. The van der Waals surface area contributed by atoms with Crippen LogP contribution >= 0.6 is 0 Å². The van der Waals surface area contributed by atoms with E-state index in [1.54, 1.807) is 0 Å². The van der Waals surface area contributed by atoms with Crippen molar-refractivity contribution in [3.63, 3.8) is 0 Å². The second kappa shape index (κ2) is 5.66. The molecular weight excluding hydrogens is 286 g/mol. The van der Waals surface area contributed by atoms with Crippen molar-refractivity contribution in [1.82, 2.24) is 19.9 Å². The monoisotopic (exact) mass is 307 g/mol. The molecule has 0 atom stereocenters. The molecule has 0 saturated carbocycles. The first-order chi connectivity index (χ1) is 11.2. The number of aromatic nitrogens is 3. The normalized spacial score (nSPS) is 15.3. The summed E-state index contributed by atoms with van der Waals surface area (Å²) in [5.41, 5.74) is 5.33. The van der Waals surface area contributed by atoms with Crippen LogP contribution in [0.5, 0.6) is 0 Å². The van der Waals surface area contributed by atoms with Gasteiger partial charge in [-0.1, -0.05) is 24.3 Å². The van der Waals surface area contributed by atoms with Gasteiger partial charge in [0.25, 0.3) is 0 Å². The van der Waals surface area contributed by atoms with E-state index in [0.29, 0.717) is 0 Å². The Hall–Kier alpha value is -2.40. The topological polar surface area (TPSA) is 45.5 Å². The van der Waals surface area contributed by atoms with Gasteiger partial charge < -0.3 is 10.2 Å². The molecular formula is C18H21N5. The van der Waals surface area contributed by atoms with E-state index in [1.807, 2.05) is 11.4 Å². The number of fused-ring (bicyclic) bond motifs is 1. The van der Waals surface area contributed by atoms with Crippen LogP contribution in [0.2, 0.25) is 0 Å². The number of nitrogens with one attached hydrogen (secondary N) is 1. The molecule has 4 rings (SSSR count). The Kier molecular flexibility index (Phi) is 3.50. The van der Waals surface area contributed by atoms with Gasteiger partial charge in [-0.2, -0.15) is 9.61 Å². The van der Waals surface area contributed by atoms with Crippen LogP contribution in [-0.2, 0) is 0 Å². The Morgan fingerprint density at radius 2 is 1.83 bits per heavy atom. The predicted octanol–water partition coefficient (Wildman–Crippen LogP) is 2.42. The molecule has 1 saturated heterocycles. The third kappa shape index (κ3) is 2.57. The molecule has 1 aromatic carbocycles. The zero-order chi connectivity index (χ0) is 15.8. The maximum atomic E-state index is 4.85. The van der Waals surface area contributed by atoms with E-state index < -0.39 is 0 Å². The summed E-state index contributed by atoms with van der Waals surface area (Å²) < 4.78 is 1.99. The van der Waals surface area contributed by atoms with Crippen LogP contribution in [-0.4, -0.2) is 40.8 Å². The molecule has 0 aliphatic carbocycles. The molecule has 23 heavy (non-hydrogen) atoms. The third-order valence-electron chi connectivity index (χ3n) is 4.40. The van der Waals surface area contributed by atoms with Crippen LogP contribution in [0.1, 0.15) is 11.3 Å². The number of nitrogens with zero attached hydrogens (tertiary/aromatic N) is 4. The fourth-order valence-electron chi connectivity index (χ4n) is 3.19. The molecule has 118 valence electrons. The van der Waals surface area contributed by atoms with Crippen molar-refractivity contribution in [2.45, 2.75) is 13.8 Å². The highest BCUT2D eigenvalue weighted by Crippen LogP contribution is 2.25. The molecule has 0 unspecified atom stereocenters. The van der Waals surface area contributed by atoms with E-state index in [4.69, 9.17) is 5.10 Å². The summed E-state index contributed by atoms with van der Waals surface area (Å²) in [5, 5.41) is 8.25. The molecule has 0 bridgehead atoms. The minimum atomic E-state index is 0.914. The molecule has 1 N–H and O–H groups in total. The van der Waals surface area contributed by atoms with Crippen molar-refractivity contribution in [3.8, 4) is 11.3 Å². The highest BCUT2D eigenvalue weighted by atomic mass is 15.4. The SMILES string of the molecule is Cc1cc(N2CCNCC2)n2nc(-c3ccccc3C)cc2n1. The average Bonchev–Trinajstić information content (AvgIpc) is 2.99. The lowest BCUT2D eigenvalue weighted by molar-refractivity contribution is 0.579. The van der Waals surface area contributed by atoms with Gasteiger partial charge >= 0.3 is 0 Å². The van der Waals surface area contributed by atoms with Crippen molar-refractivity contribution >= 4 is 11.5 Å². The summed E-state index contributed by atoms with van der Waals surface area (Å²) in [7, 11) is 0. The molecule has 5 nitrogen and oxygen atoms in total. The largest absolute Gasteiger partial charge is 0.354 e. The van der Waals surface area contributed by atoms with Gasteiger partial charge in [-0.25, -0.2) is 4.98 Å². The number of anilines is 1. The fraction of sp³-hybridized carbons (Fsp3) is 0.333. The smallest absolute Gasteiger partial charge is 0.158 e. The lowest BCUT2D eigenvalue weighted by Gasteiger charge is -2.29. The summed E-state index contributed by atoms with van der Waals surface area (Å²) in [6.07, 6.45) is 0. The minimum Gasteiger partial charge on any atom is -0.354 e. The first kappa shape index (κ1) is 14.2. The molecule has 0 amide bonds. The zero-order valence-electron chi connectivity index (χ0n) is 13.6. The van der Waals surface area contributed by atoms with E-state index in [1.165, 1.54) is 11.1 Å². The van der Waals surface area contributed by atoms with E-state index in [-0.39, 0.29) is 0 Å². The Balaban J connectivity index is 1.86. The quantitative estimate of drug-likeness (QED) is 0.790. The van der Waals surface area contributed by atoms with Gasteiger partial charge in [0.2, 0.25) is 0 Å². The highest BCUT2D eigenvalue weighted by molar-refractivity contribution is 5.68. The van der Waals surface area contributed by atoms with E-state index in [9.17, 15) is 0 Å². The lowest BCUT2D eigenvalue weighted by Crippen LogP contribution is -2.44.